The van der Waals surface area contributed by atoms with Gasteiger partial charge >= 0.3 is 0 Å². The van der Waals surface area contributed by atoms with Crippen molar-refractivity contribution in [1.82, 2.24) is 0 Å². The van der Waals surface area contributed by atoms with Crippen LogP contribution in [-0.4, -0.2) is 25.8 Å². The molecule has 0 saturated carbocycles. The third-order valence-electron chi connectivity index (χ3n) is 9.53. The number of thioether (sulfide) groups is 1. The zero-order chi connectivity index (χ0) is 40.2. The van der Waals surface area contributed by atoms with Gasteiger partial charge in [-0.1, -0.05) is 142 Å². The van der Waals surface area contributed by atoms with Crippen LogP contribution < -0.4 is 24.3 Å². The van der Waals surface area contributed by atoms with Crippen LogP contribution in [0.3, 0.4) is 0 Å². The molecule has 7 heteroatoms. The van der Waals surface area contributed by atoms with Crippen LogP contribution in [0.4, 0.5) is 5.69 Å². The number of rotatable bonds is 0. The molecule has 0 saturated heterocycles. The normalized spacial score (nSPS) is 13.8. The van der Waals surface area contributed by atoms with E-state index in [1.165, 1.54) is 42.9 Å². The minimum Gasteiger partial charge on any atom is -0.486 e. The Kier molecular flexibility index (Phi) is 17.5. The molecule has 0 radical (unpaired) electrons. The zero-order valence-corrected chi connectivity index (χ0v) is 36.7. The van der Waals surface area contributed by atoms with Crippen molar-refractivity contribution in [3.8, 4) is 23.0 Å². The fourth-order valence-corrected chi connectivity index (χ4v) is 7.57. The molecule has 8 rings (SSSR count). The molecule has 5 nitrogen and oxygen atoms in total. The summed E-state index contributed by atoms with van der Waals surface area (Å²) < 4.78 is 23.0. The van der Waals surface area contributed by atoms with Crippen molar-refractivity contribution < 1.29 is 18.9 Å². The van der Waals surface area contributed by atoms with Crippen molar-refractivity contribution >= 4 is 38.9 Å². The molecule has 318 valence electrons. The third kappa shape index (κ3) is 13.5. The summed E-state index contributed by atoms with van der Waals surface area (Å²) in [5.74, 6) is 4.44. The monoisotopic (exact) mass is 827 g/mol. The van der Waals surface area contributed by atoms with E-state index in [4.69, 9.17) is 18.9 Å². The quantitative estimate of drug-likeness (QED) is 0.168. The summed E-state index contributed by atoms with van der Waals surface area (Å²) in [5.41, 5.74) is 8.45. The Morgan fingerprint density at radius 2 is 0.966 bits per heavy atom. The zero-order valence-electron chi connectivity index (χ0n) is 35.1. The first-order chi connectivity index (χ1) is 25.7. The SMILES string of the molecule is C.C.C.C=C1CSc2ccc(C(C)(C)C)cc2N1.CC(C)(C)c1ccc2c(c1)OCCO2.CC(C)(C)c1ccc2c(c1)OCO2.CC(C)(C)c1ccc2ccsc2c1. The maximum atomic E-state index is 5.53. The van der Waals surface area contributed by atoms with Gasteiger partial charge in [0.15, 0.2) is 23.0 Å². The van der Waals surface area contributed by atoms with Crippen LogP contribution in [0.25, 0.3) is 10.1 Å². The number of fused-ring (bicyclic) bond motifs is 4. The average molecular weight is 828 g/mol. The summed E-state index contributed by atoms with van der Waals surface area (Å²) >= 11 is 3.67. The fourth-order valence-electron chi connectivity index (χ4n) is 5.91. The van der Waals surface area contributed by atoms with Crippen LogP contribution in [0.2, 0.25) is 0 Å². The van der Waals surface area contributed by atoms with E-state index in [-0.39, 0.29) is 43.9 Å². The molecule has 58 heavy (non-hydrogen) atoms. The molecule has 3 aliphatic rings. The molecule has 4 heterocycles. The highest BCUT2D eigenvalue weighted by molar-refractivity contribution is 7.99. The minimum absolute atomic E-state index is 0. The highest BCUT2D eigenvalue weighted by Gasteiger charge is 2.21. The summed E-state index contributed by atoms with van der Waals surface area (Å²) in [5, 5.41) is 6.87. The summed E-state index contributed by atoms with van der Waals surface area (Å²) in [6.07, 6.45) is 0. The molecule has 5 aromatic rings. The summed E-state index contributed by atoms with van der Waals surface area (Å²) in [6.45, 7) is 32.2. The van der Waals surface area contributed by atoms with E-state index in [1.54, 1.807) is 0 Å². The Labute approximate surface area is 361 Å². The number of thiophene rings is 1. The second-order valence-electron chi connectivity index (χ2n) is 18.3. The Morgan fingerprint density at radius 1 is 0.517 bits per heavy atom. The lowest BCUT2D eigenvalue weighted by Gasteiger charge is -2.24. The van der Waals surface area contributed by atoms with Gasteiger partial charge < -0.3 is 24.3 Å². The topological polar surface area (TPSA) is 49.0 Å². The molecule has 0 atom stereocenters. The molecular weight excluding hydrogens is 755 g/mol. The van der Waals surface area contributed by atoms with Gasteiger partial charge in [0.05, 0.1) is 5.69 Å². The number of benzene rings is 4. The maximum Gasteiger partial charge on any atom is 0.231 e. The Morgan fingerprint density at radius 3 is 1.53 bits per heavy atom. The van der Waals surface area contributed by atoms with Gasteiger partial charge in [-0.05, 0) is 103 Å². The van der Waals surface area contributed by atoms with Crippen molar-refractivity contribution in [2.45, 2.75) is 132 Å². The van der Waals surface area contributed by atoms with E-state index in [9.17, 15) is 0 Å². The maximum absolute atomic E-state index is 5.53. The van der Waals surface area contributed by atoms with Crippen molar-refractivity contribution in [2.75, 3.05) is 31.1 Å². The van der Waals surface area contributed by atoms with Crippen molar-refractivity contribution in [3.05, 3.63) is 119 Å². The first-order valence-corrected chi connectivity index (χ1v) is 21.1. The van der Waals surface area contributed by atoms with E-state index in [1.807, 2.05) is 35.2 Å². The number of hydrogen-bond donors (Lipinski definition) is 1. The molecule has 0 spiro atoms. The molecule has 0 aliphatic carbocycles. The predicted molar refractivity (Wildman–Crippen MR) is 257 cm³/mol. The smallest absolute Gasteiger partial charge is 0.231 e. The molecular formula is C51H73NO4S2. The largest absolute Gasteiger partial charge is 0.486 e. The summed E-state index contributed by atoms with van der Waals surface area (Å²) in [6, 6.07) is 27.9. The second-order valence-corrected chi connectivity index (χ2v) is 20.3. The van der Waals surface area contributed by atoms with E-state index in [0.29, 0.717) is 20.0 Å². The van der Waals surface area contributed by atoms with Crippen LogP contribution in [0, 0.1) is 0 Å². The first-order valence-electron chi connectivity index (χ1n) is 19.2. The van der Waals surface area contributed by atoms with E-state index >= 15 is 0 Å². The standard InChI is InChI=1S/C13H17NS.C12H16O2.C12H14S.C11H14O2.3CH4/c1-9-8-15-12-6-5-10(13(2,3)4)7-11(12)14-9;1-12(2,3)9-4-5-10-11(8-9)14-7-6-13-10;1-12(2,3)10-5-4-9-6-7-13-11(9)8-10;1-11(2,3)8-4-5-9-10(6-8)13-7-12-9;;;/h5-7,14H,1,8H2,2-4H3;4-5,8H,6-7H2,1-3H3;4-8H,1-3H3;4-6H,7H2,1-3H3;3*1H4. The van der Waals surface area contributed by atoms with Crippen LogP contribution in [-0.2, 0) is 21.7 Å². The molecule has 3 aliphatic heterocycles. The van der Waals surface area contributed by atoms with Gasteiger partial charge in [-0.2, -0.15) is 0 Å². The Hall–Kier alpha value is -4.07. The van der Waals surface area contributed by atoms with Crippen LogP contribution >= 0.6 is 23.1 Å². The lowest BCUT2D eigenvalue weighted by molar-refractivity contribution is 0.171. The number of anilines is 1. The van der Waals surface area contributed by atoms with Crippen LogP contribution in [0.5, 0.6) is 23.0 Å². The minimum atomic E-state index is 0. The average Bonchev–Trinajstić information content (AvgIpc) is 3.80. The molecule has 0 fully saturated rings. The number of nitrogens with one attached hydrogen (secondary N) is 1. The number of ether oxygens (including phenoxy) is 4. The summed E-state index contributed by atoms with van der Waals surface area (Å²) in [4.78, 5) is 1.33. The van der Waals surface area contributed by atoms with Gasteiger partial charge in [0.25, 0.3) is 0 Å². The van der Waals surface area contributed by atoms with Crippen molar-refractivity contribution in [3.63, 3.8) is 0 Å². The molecule has 0 amide bonds. The van der Waals surface area contributed by atoms with Gasteiger partial charge in [-0.25, -0.2) is 0 Å². The van der Waals surface area contributed by atoms with Crippen LogP contribution in [0.1, 0.15) is 128 Å². The van der Waals surface area contributed by atoms with E-state index in [2.05, 4.69) is 167 Å². The first kappa shape index (κ1) is 50.1. The van der Waals surface area contributed by atoms with Gasteiger partial charge in [0, 0.05) is 21.0 Å². The van der Waals surface area contributed by atoms with Gasteiger partial charge in [-0.3, -0.25) is 0 Å². The van der Waals surface area contributed by atoms with Crippen molar-refractivity contribution in [1.29, 1.82) is 0 Å². The highest BCUT2D eigenvalue weighted by Crippen LogP contribution is 2.38. The van der Waals surface area contributed by atoms with Gasteiger partial charge in [0.1, 0.15) is 13.2 Å². The fraction of sp³-hybridized carbons (Fsp3) is 0.451. The third-order valence-corrected chi connectivity index (χ3v) is 11.6. The van der Waals surface area contributed by atoms with Gasteiger partial charge in [-0.15, -0.1) is 23.1 Å². The molecule has 1 N–H and O–H groups in total. The summed E-state index contributed by atoms with van der Waals surface area (Å²) in [7, 11) is 0. The highest BCUT2D eigenvalue weighted by atomic mass is 32.2. The van der Waals surface area contributed by atoms with Crippen LogP contribution in [0.15, 0.2) is 101 Å². The number of hydrogen-bond acceptors (Lipinski definition) is 7. The molecule has 4 aromatic carbocycles. The van der Waals surface area contributed by atoms with Crippen molar-refractivity contribution in [2.24, 2.45) is 0 Å². The van der Waals surface area contributed by atoms with E-state index in [0.717, 1.165) is 34.4 Å². The Bertz CT molecular complexity index is 2090. The molecule has 0 unspecified atom stereocenters. The molecule has 1 aromatic heterocycles. The van der Waals surface area contributed by atoms with E-state index < -0.39 is 0 Å². The van der Waals surface area contributed by atoms with Gasteiger partial charge in [0.2, 0.25) is 6.79 Å². The Balaban J connectivity index is 0.000000263. The second kappa shape index (κ2) is 20.3. The lowest BCUT2D eigenvalue weighted by atomic mass is 9.87. The lowest BCUT2D eigenvalue weighted by Crippen LogP contribution is -2.17. The molecule has 0 bridgehead atoms. The predicted octanol–water partition coefficient (Wildman–Crippen LogP) is 15.6.